The third-order valence-electron chi connectivity index (χ3n) is 4.12. The van der Waals surface area contributed by atoms with Crippen molar-refractivity contribution >= 4 is 11.7 Å². The quantitative estimate of drug-likeness (QED) is 0.927. The van der Waals surface area contributed by atoms with E-state index in [2.05, 4.69) is 9.97 Å². The number of anilines is 1. The van der Waals surface area contributed by atoms with E-state index in [-0.39, 0.29) is 35.8 Å². The van der Waals surface area contributed by atoms with Crippen molar-refractivity contribution in [1.29, 1.82) is 0 Å². The molecule has 1 fully saturated rings. The molecule has 24 heavy (non-hydrogen) atoms. The van der Waals surface area contributed by atoms with Crippen LogP contribution in [0.25, 0.3) is 0 Å². The molecule has 126 valence electrons. The number of hydrogen-bond acceptors (Lipinski definition) is 5. The first-order valence-electron chi connectivity index (χ1n) is 7.85. The molecule has 1 saturated heterocycles. The van der Waals surface area contributed by atoms with Gasteiger partial charge in [0.15, 0.2) is 11.5 Å². The maximum atomic E-state index is 14.0. The van der Waals surface area contributed by atoms with E-state index in [0.29, 0.717) is 31.6 Å². The predicted molar refractivity (Wildman–Crippen MR) is 86.6 cm³/mol. The highest BCUT2D eigenvalue weighted by Crippen LogP contribution is 2.22. The lowest BCUT2D eigenvalue weighted by molar-refractivity contribution is 0.0262. The second-order valence-corrected chi connectivity index (χ2v) is 5.66. The van der Waals surface area contributed by atoms with Crippen LogP contribution >= 0.6 is 0 Å². The molecule has 2 heterocycles. The number of hydrogen-bond donors (Lipinski definition) is 1. The van der Waals surface area contributed by atoms with Crippen molar-refractivity contribution in [3.8, 4) is 0 Å². The average molecular weight is 330 g/mol. The fourth-order valence-corrected chi connectivity index (χ4v) is 2.82. The zero-order chi connectivity index (χ0) is 16.9. The van der Waals surface area contributed by atoms with Gasteiger partial charge in [0.2, 0.25) is 0 Å². The first kappa shape index (κ1) is 16.3. The van der Waals surface area contributed by atoms with E-state index < -0.39 is 0 Å². The molecule has 0 radical (unpaired) electrons. The molecule has 0 saturated carbocycles. The van der Waals surface area contributed by atoms with Gasteiger partial charge < -0.3 is 15.4 Å². The molecular weight excluding hydrogens is 311 g/mol. The molecule has 1 aliphatic heterocycles. The zero-order valence-electron chi connectivity index (χ0n) is 13.2. The summed E-state index contributed by atoms with van der Waals surface area (Å²) in [6.07, 6.45) is 4.25. The van der Waals surface area contributed by atoms with Crippen LogP contribution in [0.4, 0.5) is 10.2 Å². The van der Waals surface area contributed by atoms with Crippen LogP contribution in [0, 0.1) is 5.82 Å². The van der Waals surface area contributed by atoms with Crippen molar-refractivity contribution in [3.05, 3.63) is 53.7 Å². The van der Waals surface area contributed by atoms with E-state index in [1.54, 1.807) is 23.1 Å². The third kappa shape index (κ3) is 3.51. The van der Waals surface area contributed by atoms with Crippen molar-refractivity contribution in [3.63, 3.8) is 0 Å². The minimum atomic E-state index is -0.338. The number of carbonyl (C=O) groups is 1. The largest absolute Gasteiger partial charge is 0.382 e. The van der Waals surface area contributed by atoms with Crippen LogP contribution in [0.5, 0.6) is 0 Å². The highest BCUT2D eigenvalue weighted by Gasteiger charge is 2.29. The minimum absolute atomic E-state index is 0.0488. The lowest BCUT2D eigenvalue weighted by Gasteiger charge is -2.34. The van der Waals surface area contributed by atoms with Crippen LogP contribution in [0.1, 0.15) is 28.9 Å². The number of rotatable bonds is 4. The summed E-state index contributed by atoms with van der Waals surface area (Å²) in [6, 6.07) is 6.39. The van der Waals surface area contributed by atoms with Crippen molar-refractivity contribution in [2.75, 3.05) is 18.9 Å². The predicted octanol–water partition coefficient (Wildman–Crippen LogP) is 2.02. The normalized spacial score (nSPS) is 15.2. The van der Waals surface area contributed by atoms with Crippen LogP contribution in [-0.2, 0) is 11.3 Å². The average Bonchev–Trinajstić information content (AvgIpc) is 2.62. The Morgan fingerprint density at radius 2 is 1.96 bits per heavy atom. The van der Waals surface area contributed by atoms with Gasteiger partial charge in [0, 0.05) is 43.8 Å². The molecule has 1 aromatic heterocycles. The summed E-state index contributed by atoms with van der Waals surface area (Å²) in [5.74, 6) is -0.599. The number of benzene rings is 1. The van der Waals surface area contributed by atoms with Crippen molar-refractivity contribution < 1.29 is 13.9 Å². The maximum absolute atomic E-state index is 14.0. The summed E-state index contributed by atoms with van der Waals surface area (Å²) in [4.78, 5) is 22.6. The third-order valence-corrected chi connectivity index (χ3v) is 4.12. The molecule has 6 nitrogen and oxygen atoms in total. The highest BCUT2D eigenvalue weighted by atomic mass is 19.1. The lowest BCUT2D eigenvalue weighted by atomic mass is 10.0. The molecule has 1 amide bonds. The van der Waals surface area contributed by atoms with Gasteiger partial charge in [0.25, 0.3) is 5.91 Å². The Morgan fingerprint density at radius 1 is 1.25 bits per heavy atom. The monoisotopic (exact) mass is 330 g/mol. The molecule has 0 atom stereocenters. The number of nitrogen functional groups attached to an aromatic ring is 1. The molecule has 0 unspecified atom stereocenters. The van der Waals surface area contributed by atoms with Gasteiger partial charge in [-0.3, -0.25) is 4.79 Å². The topological polar surface area (TPSA) is 81.3 Å². The maximum Gasteiger partial charge on any atom is 0.276 e. The van der Waals surface area contributed by atoms with Gasteiger partial charge in [-0.25, -0.2) is 14.4 Å². The van der Waals surface area contributed by atoms with Gasteiger partial charge in [0.05, 0.1) is 0 Å². The highest BCUT2D eigenvalue weighted by molar-refractivity contribution is 5.96. The Labute approximate surface area is 139 Å². The summed E-state index contributed by atoms with van der Waals surface area (Å²) in [7, 11) is 0. The number of ether oxygens (including phenoxy) is 1. The lowest BCUT2D eigenvalue weighted by Crippen LogP contribution is -2.43. The first-order chi connectivity index (χ1) is 11.7. The Bertz CT molecular complexity index is 719. The molecule has 0 bridgehead atoms. The molecule has 1 aliphatic rings. The van der Waals surface area contributed by atoms with E-state index in [1.807, 2.05) is 0 Å². The Hall–Kier alpha value is -2.54. The van der Waals surface area contributed by atoms with Crippen molar-refractivity contribution in [1.82, 2.24) is 14.9 Å². The van der Waals surface area contributed by atoms with Gasteiger partial charge in [0.1, 0.15) is 5.82 Å². The molecule has 2 N–H and O–H groups in total. The van der Waals surface area contributed by atoms with Gasteiger partial charge in [-0.2, -0.15) is 0 Å². The molecule has 1 aromatic carbocycles. The van der Waals surface area contributed by atoms with E-state index >= 15 is 0 Å². The van der Waals surface area contributed by atoms with Gasteiger partial charge in [-0.15, -0.1) is 0 Å². The number of carbonyl (C=O) groups excluding carboxylic acids is 1. The Morgan fingerprint density at radius 3 is 2.67 bits per heavy atom. The van der Waals surface area contributed by atoms with E-state index in [1.165, 1.54) is 18.5 Å². The molecular formula is C17H19FN4O2. The number of halogens is 1. The fourth-order valence-electron chi connectivity index (χ4n) is 2.82. The Balaban J connectivity index is 1.91. The fraction of sp³-hybridized carbons (Fsp3) is 0.353. The summed E-state index contributed by atoms with van der Waals surface area (Å²) in [5.41, 5.74) is 6.35. The summed E-state index contributed by atoms with van der Waals surface area (Å²) in [5, 5.41) is 0. The summed E-state index contributed by atoms with van der Waals surface area (Å²) < 4.78 is 19.4. The second kappa shape index (κ2) is 7.35. The standard InChI is InChI=1S/C17H19FN4O2/c18-14-4-2-1-3-12(14)11-22(13-5-9-24-10-6-13)17(23)15-16(19)21-8-7-20-15/h1-4,7-8,13H,5-6,9-11H2,(H2,19,21). The molecule has 2 aromatic rings. The summed E-state index contributed by atoms with van der Waals surface area (Å²) >= 11 is 0. The second-order valence-electron chi connectivity index (χ2n) is 5.66. The van der Waals surface area contributed by atoms with Crippen molar-refractivity contribution in [2.45, 2.75) is 25.4 Å². The van der Waals surface area contributed by atoms with Crippen molar-refractivity contribution in [2.24, 2.45) is 0 Å². The first-order valence-corrected chi connectivity index (χ1v) is 7.85. The number of aromatic nitrogens is 2. The molecule has 7 heteroatoms. The summed E-state index contributed by atoms with van der Waals surface area (Å²) in [6.45, 7) is 1.30. The number of amides is 1. The molecule has 0 aliphatic carbocycles. The van der Waals surface area contributed by atoms with Crippen LogP contribution < -0.4 is 5.73 Å². The zero-order valence-corrected chi connectivity index (χ0v) is 13.2. The van der Waals surface area contributed by atoms with Gasteiger partial charge in [-0.1, -0.05) is 18.2 Å². The number of nitrogens with two attached hydrogens (primary N) is 1. The SMILES string of the molecule is Nc1nccnc1C(=O)N(Cc1ccccc1F)C1CCOCC1. The number of nitrogens with zero attached hydrogens (tertiary/aromatic N) is 3. The molecule has 3 rings (SSSR count). The van der Waals surface area contributed by atoms with Crippen LogP contribution in [0.15, 0.2) is 36.7 Å². The van der Waals surface area contributed by atoms with Crippen LogP contribution in [0.3, 0.4) is 0 Å². The van der Waals surface area contributed by atoms with E-state index in [4.69, 9.17) is 10.5 Å². The van der Waals surface area contributed by atoms with E-state index in [0.717, 1.165) is 0 Å². The van der Waals surface area contributed by atoms with Crippen LogP contribution in [0.2, 0.25) is 0 Å². The van der Waals surface area contributed by atoms with E-state index in [9.17, 15) is 9.18 Å². The van der Waals surface area contributed by atoms with Gasteiger partial charge in [-0.05, 0) is 18.9 Å². The van der Waals surface area contributed by atoms with Crippen LogP contribution in [-0.4, -0.2) is 40.0 Å². The minimum Gasteiger partial charge on any atom is -0.382 e. The van der Waals surface area contributed by atoms with Gasteiger partial charge >= 0.3 is 0 Å². The molecule has 0 spiro atoms. The Kier molecular flexibility index (Phi) is 5.00. The smallest absolute Gasteiger partial charge is 0.276 e.